The smallest absolute Gasteiger partial charge is 0.414 e. The van der Waals surface area contributed by atoms with Gasteiger partial charge in [0, 0.05) is 32.6 Å². The van der Waals surface area contributed by atoms with Gasteiger partial charge in [0.2, 0.25) is 0 Å². The molecule has 9 nitrogen and oxygen atoms in total. The fraction of sp³-hybridized carbons (Fsp3) is 0.458. The normalized spacial score (nSPS) is 19.6. The van der Waals surface area contributed by atoms with E-state index in [9.17, 15) is 9.59 Å². The number of hydrogen-bond acceptors (Lipinski definition) is 8. The highest BCUT2D eigenvalue weighted by molar-refractivity contribution is 5.96. The molecule has 0 saturated carbocycles. The van der Waals surface area contributed by atoms with E-state index < -0.39 is 6.09 Å². The molecule has 1 amide bonds. The number of Topliss-reactive ketones (excluding diaryl/α,β-unsaturated/α-hetero) is 1. The van der Waals surface area contributed by atoms with Crippen LogP contribution in [-0.2, 0) is 16.1 Å². The minimum atomic E-state index is -0.511. The molecule has 3 heterocycles. The van der Waals surface area contributed by atoms with E-state index in [4.69, 9.17) is 15.0 Å². The van der Waals surface area contributed by atoms with Gasteiger partial charge in [-0.25, -0.2) is 9.18 Å². The Balaban J connectivity index is 1.33. The second-order valence-electron chi connectivity index (χ2n) is 8.74. The average molecular weight is 472 g/mol. The summed E-state index contributed by atoms with van der Waals surface area (Å²) in [6, 6.07) is 8.61. The minimum absolute atomic E-state index is 0.0510. The van der Waals surface area contributed by atoms with Crippen LogP contribution in [-0.4, -0.2) is 61.3 Å². The summed E-state index contributed by atoms with van der Waals surface area (Å²) < 4.78 is 26.1. The number of benzene rings is 1. The molecule has 0 aliphatic carbocycles. The van der Waals surface area contributed by atoms with Crippen molar-refractivity contribution in [2.45, 2.75) is 39.3 Å². The van der Waals surface area contributed by atoms with E-state index in [1.807, 2.05) is 17.0 Å². The van der Waals surface area contributed by atoms with Crippen LogP contribution in [0.5, 0.6) is 0 Å². The van der Waals surface area contributed by atoms with Crippen molar-refractivity contribution in [3.05, 3.63) is 47.7 Å². The van der Waals surface area contributed by atoms with Gasteiger partial charge in [-0.3, -0.25) is 9.80 Å². The largest absolute Gasteiger partial charge is 0.458 e. The van der Waals surface area contributed by atoms with E-state index in [0.29, 0.717) is 61.9 Å². The molecule has 0 spiro atoms. The topological polar surface area (TPSA) is 105 Å². The molecular formula is C24H30FN5O4. The zero-order chi connectivity index (χ0) is 24.2. The number of ketones is 1. The zero-order valence-corrected chi connectivity index (χ0v) is 19.5. The predicted molar refractivity (Wildman–Crippen MR) is 127 cm³/mol. The lowest BCUT2D eigenvalue weighted by atomic mass is 10.1. The van der Waals surface area contributed by atoms with Gasteiger partial charge in [-0.1, -0.05) is 0 Å². The molecule has 1 aromatic carbocycles. The number of halogens is 1. The Hall–Kier alpha value is -3.40. The summed E-state index contributed by atoms with van der Waals surface area (Å²) in [6.45, 7) is 7.15. The van der Waals surface area contributed by atoms with Crippen molar-refractivity contribution in [3.63, 3.8) is 0 Å². The van der Waals surface area contributed by atoms with Crippen molar-refractivity contribution >= 4 is 29.0 Å². The van der Waals surface area contributed by atoms with Crippen molar-refractivity contribution in [1.29, 1.82) is 0 Å². The lowest BCUT2D eigenvalue weighted by molar-refractivity contribution is -0.117. The highest BCUT2D eigenvalue weighted by Crippen LogP contribution is 2.29. The van der Waals surface area contributed by atoms with Gasteiger partial charge in [0.15, 0.2) is 0 Å². The number of carbonyl (C=O) groups is 2. The Kier molecular flexibility index (Phi) is 7.16. The number of anilines is 2. The molecule has 2 aliphatic heterocycles. The van der Waals surface area contributed by atoms with Crippen LogP contribution < -0.4 is 15.6 Å². The van der Waals surface area contributed by atoms with Crippen LogP contribution in [0.15, 0.2) is 39.9 Å². The van der Waals surface area contributed by atoms with Gasteiger partial charge in [0.25, 0.3) is 0 Å². The number of piperazine rings is 1. The fourth-order valence-electron chi connectivity index (χ4n) is 4.26. The number of ether oxygens (including phenoxy) is 1. The SMILES string of the molecule is CC(=O)CC[C@H]1CN(c2ccc(N3CCN(Cc4ccc(/C(C)=N\N)o4)CC3)c(F)c2)C(=O)O1. The van der Waals surface area contributed by atoms with Crippen LogP contribution in [0, 0.1) is 5.82 Å². The molecule has 1 aromatic heterocycles. The maximum atomic E-state index is 15.0. The van der Waals surface area contributed by atoms with E-state index in [1.165, 1.54) is 17.9 Å². The first-order valence-corrected chi connectivity index (χ1v) is 11.4. The van der Waals surface area contributed by atoms with Crippen molar-refractivity contribution in [1.82, 2.24) is 4.90 Å². The Morgan fingerprint density at radius 1 is 1.18 bits per heavy atom. The number of nitrogens with zero attached hydrogens (tertiary/aromatic N) is 4. The maximum absolute atomic E-state index is 15.0. The van der Waals surface area contributed by atoms with Gasteiger partial charge in [-0.2, -0.15) is 5.10 Å². The molecule has 0 unspecified atom stereocenters. The van der Waals surface area contributed by atoms with E-state index in [-0.39, 0.29) is 17.7 Å². The first-order chi connectivity index (χ1) is 16.3. The first kappa shape index (κ1) is 23.7. The van der Waals surface area contributed by atoms with Crippen LogP contribution in [0.1, 0.15) is 38.2 Å². The average Bonchev–Trinajstić information content (AvgIpc) is 3.44. The van der Waals surface area contributed by atoms with Gasteiger partial charge < -0.3 is 24.7 Å². The summed E-state index contributed by atoms with van der Waals surface area (Å²) in [6.07, 6.45) is -0.0392. The maximum Gasteiger partial charge on any atom is 0.414 e. The molecular weight excluding hydrogens is 441 g/mol. The summed E-state index contributed by atoms with van der Waals surface area (Å²) in [4.78, 5) is 29.1. The zero-order valence-electron chi connectivity index (χ0n) is 19.5. The van der Waals surface area contributed by atoms with Crippen molar-refractivity contribution in [2.75, 3.05) is 42.5 Å². The van der Waals surface area contributed by atoms with Crippen molar-refractivity contribution in [3.8, 4) is 0 Å². The first-order valence-electron chi connectivity index (χ1n) is 11.4. The van der Waals surface area contributed by atoms with Crippen LogP contribution in [0.25, 0.3) is 0 Å². The molecule has 10 heteroatoms. The molecule has 2 aromatic rings. The number of carbonyl (C=O) groups excluding carboxylic acids is 2. The summed E-state index contributed by atoms with van der Waals surface area (Å²) in [5, 5.41) is 3.65. The van der Waals surface area contributed by atoms with Crippen molar-refractivity contribution in [2.24, 2.45) is 10.9 Å². The van der Waals surface area contributed by atoms with Crippen molar-refractivity contribution < 1.29 is 23.1 Å². The Bertz CT molecular complexity index is 1080. The summed E-state index contributed by atoms with van der Waals surface area (Å²) in [7, 11) is 0. The summed E-state index contributed by atoms with van der Waals surface area (Å²) in [5.74, 6) is 6.47. The molecule has 0 radical (unpaired) electrons. The highest BCUT2D eigenvalue weighted by Gasteiger charge is 2.33. The van der Waals surface area contributed by atoms with Crippen LogP contribution in [0.2, 0.25) is 0 Å². The number of hydrogen-bond donors (Lipinski definition) is 1. The van der Waals surface area contributed by atoms with Gasteiger partial charge in [-0.15, -0.1) is 0 Å². The second-order valence-corrected chi connectivity index (χ2v) is 8.74. The van der Waals surface area contributed by atoms with Gasteiger partial charge in [-0.05, 0) is 50.6 Å². The van der Waals surface area contributed by atoms with E-state index >= 15 is 4.39 Å². The molecule has 2 N–H and O–H groups in total. The molecule has 182 valence electrons. The number of rotatable bonds is 8. The summed E-state index contributed by atoms with van der Waals surface area (Å²) >= 11 is 0. The molecule has 2 aliphatic rings. The minimum Gasteiger partial charge on any atom is -0.458 e. The number of hydrazone groups is 1. The molecule has 2 saturated heterocycles. The van der Waals surface area contributed by atoms with Gasteiger partial charge in [0.05, 0.1) is 30.2 Å². The Labute approximate surface area is 197 Å². The number of amides is 1. The van der Waals surface area contributed by atoms with Gasteiger partial charge >= 0.3 is 6.09 Å². The van der Waals surface area contributed by atoms with Crippen LogP contribution in [0.3, 0.4) is 0 Å². The van der Waals surface area contributed by atoms with Crippen LogP contribution >= 0.6 is 0 Å². The van der Waals surface area contributed by atoms with E-state index in [2.05, 4.69) is 10.0 Å². The predicted octanol–water partition coefficient (Wildman–Crippen LogP) is 3.12. The number of furan rings is 1. The molecule has 1 atom stereocenters. The van der Waals surface area contributed by atoms with Crippen LogP contribution in [0.4, 0.5) is 20.6 Å². The van der Waals surface area contributed by atoms with Gasteiger partial charge in [0.1, 0.15) is 29.2 Å². The Morgan fingerprint density at radius 2 is 1.94 bits per heavy atom. The lowest BCUT2D eigenvalue weighted by Crippen LogP contribution is -2.46. The number of cyclic esters (lactones) is 1. The second kappa shape index (κ2) is 10.3. The third-order valence-electron chi connectivity index (χ3n) is 6.24. The molecule has 4 rings (SSSR count). The number of nitrogens with two attached hydrogens (primary N) is 1. The molecule has 0 bridgehead atoms. The quantitative estimate of drug-likeness (QED) is 0.358. The molecule has 2 fully saturated rings. The van der Waals surface area contributed by atoms with E-state index in [1.54, 1.807) is 19.1 Å². The third kappa shape index (κ3) is 5.39. The fourth-order valence-corrected chi connectivity index (χ4v) is 4.26. The molecule has 34 heavy (non-hydrogen) atoms. The summed E-state index contributed by atoms with van der Waals surface area (Å²) in [5.41, 5.74) is 1.61. The van der Waals surface area contributed by atoms with E-state index in [0.717, 1.165) is 18.8 Å². The Morgan fingerprint density at radius 3 is 2.62 bits per heavy atom. The third-order valence-corrected chi connectivity index (χ3v) is 6.24. The monoisotopic (exact) mass is 471 g/mol. The highest BCUT2D eigenvalue weighted by atomic mass is 19.1. The standard InChI is InChI=1S/C24H30FN5O4/c1-16(31)3-5-20-15-30(24(32)34-20)18-4-7-22(21(25)13-18)29-11-9-28(10-12-29)14-19-6-8-23(33-19)17(2)27-26/h4,6-8,13,20H,3,5,9-12,14-15,26H2,1-2H3/b27-17-/t20-/m0/s1. The lowest BCUT2D eigenvalue weighted by Gasteiger charge is -2.36.